The van der Waals surface area contributed by atoms with Crippen molar-refractivity contribution in [1.82, 2.24) is 29.4 Å². The molecular formula is C22H20N6O2. The van der Waals surface area contributed by atoms with Gasteiger partial charge in [-0.25, -0.2) is 19.9 Å². The summed E-state index contributed by atoms with van der Waals surface area (Å²) in [6, 6.07) is 9.65. The first-order valence-corrected chi connectivity index (χ1v) is 9.63. The predicted molar refractivity (Wildman–Crippen MR) is 110 cm³/mol. The Bertz CT molecular complexity index is 1250. The third-order valence-electron chi connectivity index (χ3n) is 5.31. The first-order chi connectivity index (χ1) is 14.6. The lowest BCUT2D eigenvalue weighted by Crippen LogP contribution is -2.25. The number of methoxy groups -OCH3 is 1. The van der Waals surface area contributed by atoms with Gasteiger partial charge in [0.05, 0.1) is 31.2 Å². The number of imidazole rings is 1. The molecule has 1 amide bonds. The van der Waals surface area contributed by atoms with Crippen LogP contribution in [0.1, 0.15) is 33.0 Å². The second-order valence-electron chi connectivity index (χ2n) is 7.37. The van der Waals surface area contributed by atoms with E-state index in [4.69, 9.17) is 9.72 Å². The van der Waals surface area contributed by atoms with E-state index in [2.05, 4.69) is 15.0 Å². The summed E-state index contributed by atoms with van der Waals surface area (Å²) in [7, 11) is 3.53. The Morgan fingerprint density at radius 1 is 1.10 bits per heavy atom. The summed E-state index contributed by atoms with van der Waals surface area (Å²) in [4.78, 5) is 32.6. The number of aromatic nitrogens is 5. The summed E-state index contributed by atoms with van der Waals surface area (Å²) in [6.07, 6.45) is 5.76. The van der Waals surface area contributed by atoms with Crippen LogP contribution in [0.3, 0.4) is 0 Å². The minimum Gasteiger partial charge on any atom is -0.497 e. The van der Waals surface area contributed by atoms with Gasteiger partial charge in [0.25, 0.3) is 5.91 Å². The number of nitrogens with zero attached hydrogens (tertiary/aromatic N) is 6. The molecule has 4 heterocycles. The molecular weight excluding hydrogens is 380 g/mol. The Kier molecular flexibility index (Phi) is 4.39. The number of ether oxygens (including phenoxy) is 1. The maximum atomic E-state index is 13.0. The lowest BCUT2D eigenvalue weighted by Gasteiger charge is -2.14. The lowest BCUT2D eigenvalue weighted by atomic mass is 10.1. The van der Waals surface area contributed by atoms with Crippen molar-refractivity contribution in [3.05, 3.63) is 77.3 Å². The van der Waals surface area contributed by atoms with Gasteiger partial charge >= 0.3 is 0 Å². The molecule has 30 heavy (non-hydrogen) atoms. The van der Waals surface area contributed by atoms with E-state index in [1.54, 1.807) is 30.6 Å². The van der Waals surface area contributed by atoms with E-state index in [1.165, 1.54) is 0 Å². The van der Waals surface area contributed by atoms with Gasteiger partial charge in [0.15, 0.2) is 5.65 Å². The highest BCUT2D eigenvalue weighted by atomic mass is 16.5. The predicted octanol–water partition coefficient (Wildman–Crippen LogP) is 2.51. The Balaban J connectivity index is 1.32. The van der Waals surface area contributed by atoms with Crippen LogP contribution >= 0.6 is 0 Å². The zero-order valence-corrected chi connectivity index (χ0v) is 16.7. The van der Waals surface area contributed by atoms with E-state index in [9.17, 15) is 4.79 Å². The number of fused-ring (bicyclic) bond motifs is 2. The summed E-state index contributed by atoms with van der Waals surface area (Å²) >= 11 is 0. The Labute approximate surface area is 173 Å². The van der Waals surface area contributed by atoms with Crippen molar-refractivity contribution in [2.45, 2.75) is 19.5 Å². The fourth-order valence-corrected chi connectivity index (χ4v) is 3.67. The Morgan fingerprint density at radius 2 is 1.93 bits per heavy atom. The number of hydrogen-bond donors (Lipinski definition) is 0. The third kappa shape index (κ3) is 3.26. The van der Waals surface area contributed by atoms with Crippen LogP contribution in [-0.2, 0) is 26.6 Å². The van der Waals surface area contributed by atoms with Gasteiger partial charge < -0.3 is 14.2 Å². The van der Waals surface area contributed by atoms with Gasteiger partial charge in [-0.1, -0.05) is 12.1 Å². The van der Waals surface area contributed by atoms with Crippen LogP contribution in [0, 0.1) is 0 Å². The zero-order valence-electron chi connectivity index (χ0n) is 16.7. The van der Waals surface area contributed by atoms with Gasteiger partial charge in [-0.3, -0.25) is 4.79 Å². The highest BCUT2D eigenvalue weighted by Gasteiger charge is 2.26. The number of pyridine rings is 1. The smallest absolute Gasteiger partial charge is 0.256 e. The summed E-state index contributed by atoms with van der Waals surface area (Å²) in [5.41, 5.74) is 4.98. The molecule has 0 atom stereocenters. The van der Waals surface area contributed by atoms with Crippen LogP contribution in [0.4, 0.5) is 0 Å². The van der Waals surface area contributed by atoms with E-state index in [1.807, 2.05) is 42.1 Å². The number of carbonyl (C=O) groups excluding carboxylic acids is 1. The average Bonchev–Trinajstić information content (AvgIpc) is 3.37. The number of carbonyl (C=O) groups is 1. The van der Waals surface area contributed by atoms with Gasteiger partial charge in [0, 0.05) is 38.0 Å². The van der Waals surface area contributed by atoms with Gasteiger partial charge in [-0.15, -0.1) is 0 Å². The van der Waals surface area contributed by atoms with Gasteiger partial charge in [0.2, 0.25) is 0 Å². The maximum Gasteiger partial charge on any atom is 0.256 e. The molecule has 0 aliphatic carbocycles. The van der Waals surface area contributed by atoms with E-state index in [0.29, 0.717) is 30.6 Å². The minimum atomic E-state index is -0.0789. The van der Waals surface area contributed by atoms with Gasteiger partial charge in [0.1, 0.15) is 17.1 Å². The molecule has 0 spiro atoms. The zero-order chi connectivity index (χ0) is 20.7. The average molecular weight is 400 g/mol. The number of hydrogen-bond acceptors (Lipinski definition) is 6. The van der Waals surface area contributed by atoms with E-state index < -0.39 is 0 Å². The summed E-state index contributed by atoms with van der Waals surface area (Å²) < 4.78 is 7.03. The minimum absolute atomic E-state index is 0.0789. The third-order valence-corrected chi connectivity index (χ3v) is 5.31. The fourth-order valence-electron chi connectivity index (χ4n) is 3.67. The standard InChI is InChI=1S/C22H20N6O2/c1-27-13-25-18-8-15(9-24-21(18)27)22(29)28-11-16-10-23-20(26-19(16)12-28)7-14-3-5-17(30-2)6-4-14/h3-6,8-10,13H,7,11-12H2,1-2H3. The second kappa shape index (κ2) is 7.22. The molecule has 1 aliphatic heterocycles. The highest BCUT2D eigenvalue weighted by Crippen LogP contribution is 2.24. The van der Waals surface area contributed by atoms with E-state index >= 15 is 0 Å². The van der Waals surface area contributed by atoms with Crippen molar-refractivity contribution in [3.8, 4) is 5.75 Å². The van der Waals surface area contributed by atoms with Crippen LogP contribution in [0.2, 0.25) is 0 Å². The molecule has 3 aromatic heterocycles. The maximum absolute atomic E-state index is 13.0. The van der Waals surface area contributed by atoms with Crippen LogP contribution in [0.5, 0.6) is 5.75 Å². The van der Waals surface area contributed by atoms with Crippen LogP contribution in [0.25, 0.3) is 11.2 Å². The van der Waals surface area contributed by atoms with Crippen LogP contribution in [-0.4, -0.2) is 42.4 Å². The molecule has 1 aromatic carbocycles. The van der Waals surface area contributed by atoms with Crippen molar-refractivity contribution in [3.63, 3.8) is 0 Å². The van der Waals surface area contributed by atoms with Crippen molar-refractivity contribution in [1.29, 1.82) is 0 Å². The largest absolute Gasteiger partial charge is 0.497 e. The quantitative estimate of drug-likeness (QED) is 0.523. The number of amides is 1. The Hall–Kier alpha value is -3.81. The summed E-state index contributed by atoms with van der Waals surface area (Å²) in [5.74, 6) is 1.48. The Morgan fingerprint density at radius 3 is 2.73 bits per heavy atom. The SMILES string of the molecule is COc1ccc(Cc2ncc3c(n2)CN(C(=O)c2cnc4c(c2)ncn4C)C3)cc1. The first-order valence-electron chi connectivity index (χ1n) is 9.63. The molecule has 8 nitrogen and oxygen atoms in total. The van der Waals surface area contributed by atoms with Crippen LogP contribution in [0.15, 0.2) is 49.1 Å². The second-order valence-corrected chi connectivity index (χ2v) is 7.37. The molecule has 0 N–H and O–H groups in total. The summed E-state index contributed by atoms with van der Waals surface area (Å²) in [5, 5.41) is 0. The van der Waals surface area contributed by atoms with Crippen molar-refractivity contribution in [2.24, 2.45) is 7.05 Å². The normalized spacial score (nSPS) is 12.9. The molecule has 0 radical (unpaired) electrons. The molecule has 0 saturated carbocycles. The van der Waals surface area contributed by atoms with Gasteiger partial charge in [-0.05, 0) is 23.8 Å². The lowest BCUT2D eigenvalue weighted by molar-refractivity contribution is 0.0750. The summed E-state index contributed by atoms with van der Waals surface area (Å²) in [6.45, 7) is 0.962. The molecule has 0 unspecified atom stereocenters. The monoisotopic (exact) mass is 400 g/mol. The van der Waals surface area contributed by atoms with E-state index in [0.717, 1.165) is 34.0 Å². The topological polar surface area (TPSA) is 86.0 Å². The molecule has 0 bridgehead atoms. The number of rotatable bonds is 4. The van der Waals surface area contributed by atoms with Crippen molar-refractivity contribution >= 4 is 17.1 Å². The number of benzene rings is 1. The molecule has 0 saturated heterocycles. The molecule has 150 valence electrons. The highest BCUT2D eigenvalue weighted by molar-refractivity contribution is 5.96. The first kappa shape index (κ1) is 18.2. The van der Waals surface area contributed by atoms with E-state index in [-0.39, 0.29) is 5.91 Å². The van der Waals surface area contributed by atoms with Crippen LogP contribution < -0.4 is 4.74 Å². The van der Waals surface area contributed by atoms with Crippen molar-refractivity contribution in [2.75, 3.05) is 7.11 Å². The fraction of sp³-hybridized carbons (Fsp3) is 0.227. The molecule has 5 rings (SSSR count). The molecule has 8 heteroatoms. The molecule has 0 fully saturated rings. The van der Waals surface area contributed by atoms with Crippen molar-refractivity contribution < 1.29 is 9.53 Å². The van der Waals surface area contributed by atoms with Gasteiger partial charge in [-0.2, -0.15) is 0 Å². The molecule has 4 aromatic rings. The number of aryl methyl sites for hydroxylation is 1. The molecule has 1 aliphatic rings.